The molecule has 2 aromatic carbocycles. The number of carbonyl (C=O) groups excluding carboxylic acids is 1. The van der Waals surface area contributed by atoms with Gasteiger partial charge in [0.25, 0.3) is 0 Å². The zero-order valence-electron chi connectivity index (χ0n) is 20.0. The standard InChI is InChI=1S/C27H27FN4O2S/c1-17(2)34-23-13-11-19(14-21(23)28)22-12-10-20(15-29-22)24(18-8-6-5-7-9-18)27(3,4)25(33)31-26-32-30-16-35-26/h5-17,24H,1-4H3,(H,31,32,33). The molecule has 1 unspecified atom stereocenters. The molecule has 1 N–H and O–H groups in total. The highest BCUT2D eigenvalue weighted by atomic mass is 32.1. The minimum atomic E-state index is -0.835. The summed E-state index contributed by atoms with van der Waals surface area (Å²) in [5.41, 5.74) is 3.88. The zero-order valence-corrected chi connectivity index (χ0v) is 20.8. The van der Waals surface area contributed by atoms with Gasteiger partial charge in [-0.1, -0.05) is 61.6 Å². The monoisotopic (exact) mass is 490 g/mol. The highest BCUT2D eigenvalue weighted by Gasteiger charge is 2.39. The molecule has 0 radical (unpaired) electrons. The van der Waals surface area contributed by atoms with Gasteiger partial charge in [-0.05, 0) is 49.2 Å². The van der Waals surface area contributed by atoms with E-state index in [0.29, 0.717) is 16.4 Å². The first-order valence-electron chi connectivity index (χ1n) is 11.3. The number of halogens is 1. The van der Waals surface area contributed by atoms with E-state index in [0.717, 1.165) is 11.1 Å². The highest BCUT2D eigenvalue weighted by molar-refractivity contribution is 7.13. The molecule has 0 aliphatic rings. The summed E-state index contributed by atoms with van der Waals surface area (Å²) in [6.45, 7) is 7.51. The second kappa shape index (κ2) is 10.3. The number of anilines is 1. The number of nitrogens with zero attached hydrogens (tertiary/aromatic N) is 3. The first-order valence-corrected chi connectivity index (χ1v) is 12.2. The molecule has 4 aromatic rings. The molecular weight excluding hydrogens is 463 g/mol. The Bertz CT molecular complexity index is 1280. The predicted octanol–water partition coefficient (Wildman–Crippen LogP) is 6.32. The number of pyridine rings is 1. The lowest BCUT2D eigenvalue weighted by atomic mass is 9.71. The minimum absolute atomic E-state index is 0.116. The molecule has 35 heavy (non-hydrogen) atoms. The van der Waals surface area contributed by atoms with Crippen molar-refractivity contribution in [1.82, 2.24) is 15.2 Å². The van der Waals surface area contributed by atoms with Crippen LogP contribution in [0.25, 0.3) is 11.3 Å². The van der Waals surface area contributed by atoms with Gasteiger partial charge in [-0.25, -0.2) is 4.39 Å². The van der Waals surface area contributed by atoms with Crippen LogP contribution < -0.4 is 10.1 Å². The van der Waals surface area contributed by atoms with Gasteiger partial charge in [-0.2, -0.15) is 0 Å². The zero-order chi connectivity index (χ0) is 25.0. The first kappa shape index (κ1) is 24.5. The van der Waals surface area contributed by atoms with Gasteiger partial charge in [0.05, 0.1) is 17.2 Å². The van der Waals surface area contributed by atoms with E-state index in [1.54, 1.807) is 23.8 Å². The predicted molar refractivity (Wildman–Crippen MR) is 136 cm³/mol. The van der Waals surface area contributed by atoms with E-state index >= 15 is 0 Å². The van der Waals surface area contributed by atoms with Crippen LogP contribution in [0.1, 0.15) is 44.7 Å². The molecule has 0 fully saturated rings. The average Bonchev–Trinajstić information content (AvgIpc) is 3.34. The topological polar surface area (TPSA) is 77.0 Å². The molecule has 8 heteroatoms. The first-order chi connectivity index (χ1) is 16.8. The average molecular weight is 491 g/mol. The largest absolute Gasteiger partial charge is 0.488 e. The van der Waals surface area contributed by atoms with Crippen molar-refractivity contribution in [2.45, 2.75) is 39.7 Å². The number of amides is 1. The molecule has 2 heterocycles. The molecule has 6 nitrogen and oxygen atoms in total. The van der Waals surface area contributed by atoms with Crippen molar-refractivity contribution >= 4 is 22.4 Å². The van der Waals surface area contributed by atoms with Crippen LogP contribution in [0.2, 0.25) is 0 Å². The van der Waals surface area contributed by atoms with Gasteiger partial charge in [-0.3, -0.25) is 9.78 Å². The Hall–Kier alpha value is -3.65. The summed E-state index contributed by atoms with van der Waals surface area (Å²) in [7, 11) is 0. The van der Waals surface area contributed by atoms with Gasteiger partial charge in [0.15, 0.2) is 11.6 Å². The van der Waals surface area contributed by atoms with E-state index in [4.69, 9.17) is 4.74 Å². The van der Waals surface area contributed by atoms with E-state index in [1.807, 2.05) is 70.2 Å². The third-order valence-electron chi connectivity index (χ3n) is 5.73. The number of nitrogens with one attached hydrogen (secondary N) is 1. The van der Waals surface area contributed by atoms with Gasteiger partial charge in [0.1, 0.15) is 5.51 Å². The van der Waals surface area contributed by atoms with Crippen LogP contribution in [-0.2, 0) is 4.79 Å². The van der Waals surface area contributed by atoms with Crippen molar-refractivity contribution < 1.29 is 13.9 Å². The number of hydrogen-bond donors (Lipinski definition) is 1. The van der Waals surface area contributed by atoms with Crippen LogP contribution in [0.3, 0.4) is 0 Å². The maximum Gasteiger partial charge on any atom is 0.232 e. The molecule has 1 atom stereocenters. The quantitative estimate of drug-likeness (QED) is 0.313. The van der Waals surface area contributed by atoms with Gasteiger partial charge < -0.3 is 10.1 Å². The number of rotatable bonds is 8. The Morgan fingerprint density at radius 2 is 1.83 bits per heavy atom. The maximum absolute atomic E-state index is 14.5. The summed E-state index contributed by atoms with van der Waals surface area (Å²) in [4.78, 5) is 17.9. The van der Waals surface area contributed by atoms with Crippen LogP contribution in [-0.4, -0.2) is 27.2 Å². The number of benzene rings is 2. The van der Waals surface area contributed by atoms with E-state index in [9.17, 15) is 9.18 Å². The molecular formula is C27H27FN4O2S. The van der Waals surface area contributed by atoms with Gasteiger partial charge in [0, 0.05) is 17.7 Å². The molecule has 0 aliphatic heterocycles. The summed E-state index contributed by atoms with van der Waals surface area (Å²) in [5, 5.41) is 11.1. The smallest absolute Gasteiger partial charge is 0.232 e. The Labute approximate surface area is 208 Å². The van der Waals surface area contributed by atoms with Crippen molar-refractivity contribution in [2.24, 2.45) is 5.41 Å². The van der Waals surface area contributed by atoms with Gasteiger partial charge in [-0.15, -0.1) is 10.2 Å². The van der Waals surface area contributed by atoms with Crippen molar-refractivity contribution in [2.75, 3.05) is 5.32 Å². The fourth-order valence-electron chi connectivity index (χ4n) is 4.04. The van der Waals surface area contributed by atoms with Crippen LogP contribution >= 0.6 is 11.3 Å². The van der Waals surface area contributed by atoms with Crippen molar-refractivity contribution in [3.63, 3.8) is 0 Å². The maximum atomic E-state index is 14.5. The molecule has 1 amide bonds. The van der Waals surface area contributed by atoms with Crippen molar-refractivity contribution in [3.05, 3.63) is 89.3 Å². The summed E-state index contributed by atoms with van der Waals surface area (Å²) in [6, 6.07) is 18.5. The Morgan fingerprint density at radius 1 is 1.06 bits per heavy atom. The third-order valence-corrected chi connectivity index (χ3v) is 6.34. The second-order valence-corrected chi connectivity index (χ2v) is 9.89. The highest BCUT2D eigenvalue weighted by Crippen LogP contribution is 2.42. The van der Waals surface area contributed by atoms with Crippen molar-refractivity contribution in [3.8, 4) is 17.0 Å². The number of aromatic nitrogens is 3. The number of carbonyl (C=O) groups is 1. The van der Waals surface area contributed by atoms with Gasteiger partial charge >= 0.3 is 0 Å². The lowest BCUT2D eigenvalue weighted by Crippen LogP contribution is -2.37. The van der Waals surface area contributed by atoms with E-state index < -0.39 is 11.2 Å². The van der Waals surface area contributed by atoms with Crippen LogP contribution in [0.15, 0.2) is 72.4 Å². The Kier molecular flexibility index (Phi) is 7.21. The minimum Gasteiger partial charge on any atom is -0.488 e. The van der Waals surface area contributed by atoms with E-state index in [1.165, 1.54) is 17.4 Å². The molecule has 4 rings (SSSR count). The molecule has 0 saturated heterocycles. The molecule has 2 aromatic heterocycles. The summed E-state index contributed by atoms with van der Waals surface area (Å²) in [5.74, 6) is -0.668. The summed E-state index contributed by atoms with van der Waals surface area (Å²) in [6.07, 6.45) is 1.64. The summed E-state index contributed by atoms with van der Waals surface area (Å²) >= 11 is 1.27. The SMILES string of the molecule is CC(C)Oc1ccc(-c2ccc(C(c3ccccc3)C(C)(C)C(=O)Nc3nncs3)cn2)cc1F. The molecule has 180 valence electrons. The van der Waals surface area contributed by atoms with E-state index in [-0.39, 0.29) is 23.7 Å². The third kappa shape index (κ3) is 5.54. The Balaban J connectivity index is 1.66. The lowest BCUT2D eigenvalue weighted by Gasteiger charge is -2.33. The van der Waals surface area contributed by atoms with Crippen LogP contribution in [0.4, 0.5) is 9.52 Å². The normalized spacial score (nSPS) is 12.4. The molecule has 0 bridgehead atoms. The van der Waals surface area contributed by atoms with Crippen LogP contribution in [0.5, 0.6) is 5.75 Å². The number of hydrogen-bond acceptors (Lipinski definition) is 6. The second-order valence-electron chi connectivity index (χ2n) is 9.05. The fourth-order valence-corrected chi connectivity index (χ4v) is 4.48. The molecule has 0 spiro atoms. The Morgan fingerprint density at radius 3 is 2.43 bits per heavy atom. The lowest BCUT2D eigenvalue weighted by molar-refractivity contribution is -0.124. The summed E-state index contributed by atoms with van der Waals surface area (Å²) < 4.78 is 20.0. The van der Waals surface area contributed by atoms with E-state index in [2.05, 4.69) is 20.5 Å². The number of ether oxygens (including phenoxy) is 1. The van der Waals surface area contributed by atoms with Gasteiger partial charge in [0.2, 0.25) is 11.0 Å². The van der Waals surface area contributed by atoms with Crippen LogP contribution in [0, 0.1) is 11.2 Å². The molecule has 0 aliphatic carbocycles. The molecule has 0 saturated carbocycles. The fraction of sp³-hybridized carbons (Fsp3) is 0.259. The van der Waals surface area contributed by atoms with Crippen molar-refractivity contribution in [1.29, 1.82) is 0 Å².